The number of phenols is 1. The number of hydrogen-bond donors (Lipinski definition) is 1. The van der Waals surface area contributed by atoms with Crippen LogP contribution >= 0.6 is 0 Å². The van der Waals surface area contributed by atoms with E-state index in [1.807, 2.05) is 31.1 Å². The second kappa shape index (κ2) is 17.5. The molecule has 0 bridgehead atoms. The number of aromatic hydroxyl groups is 1. The standard InChI is InChI=1S/C48H51N2O2.Pb/c1-7-34-29-35(8-2)31-41(30-34)48-39(15-12-16-40(48)22-20-38-27-28-52-47-33-43(50(5)6)24-26-45(38)47)21-19-37(18-17-36-13-10-9-11-14-36)44-25-23-42(49(3)4)32-46(44)51;/h9-11,13-14,18-27,29-33,51H,7-8,12,15-17H2,1-6H3;/b21-19+,37-18-,38-20+,40-22+;. The summed E-state index contributed by atoms with van der Waals surface area (Å²) in [4.78, 5) is 4.13. The van der Waals surface area contributed by atoms with Gasteiger partial charge in [0, 0.05) is 25.8 Å². The Labute approximate surface area is 332 Å². The second-order valence-electron chi connectivity index (χ2n) is 14.3. The second-order valence-corrected chi connectivity index (χ2v) is 16.2. The van der Waals surface area contributed by atoms with Crippen LogP contribution in [0.3, 0.4) is 0 Å². The zero-order valence-electron chi connectivity index (χ0n) is 32.0. The van der Waals surface area contributed by atoms with E-state index in [2.05, 4.69) is 142 Å². The van der Waals surface area contributed by atoms with Crippen LogP contribution in [-0.2, 0) is 19.3 Å². The Morgan fingerprint density at radius 3 is 2.17 bits per heavy atom. The van der Waals surface area contributed by atoms with Gasteiger partial charge in [0.05, 0.1) is 0 Å². The van der Waals surface area contributed by atoms with E-state index in [0.717, 1.165) is 101 Å². The van der Waals surface area contributed by atoms with E-state index in [9.17, 15) is 5.11 Å². The van der Waals surface area contributed by atoms with E-state index in [1.165, 1.54) is 44.5 Å². The minimum absolute atomic E-state index is 0.286. The van der Waals surface area contributed by atoms with E-state index in [1.54, 1.807) is 0 Å². The fraction of sp³-hybridized carbons (Fsp3) is 0.250. The molecule has 4 aromatic rings. The van der Waals surface area contributed by atoms with Crippen molar-refractivity contribution in [2.24, 2.45) is 0 Å². The first-order chi connectivity index (χ1) is 25.6. The zero-order chi connectivity index (χ0) is 37.5. The molecule has 1 aliphatic carbocycles. The maximum atomic E-state index is 11.3. The molecule has 0 fully saturated rings. The number of hydrogen-bond acceptors (Lipinski definition) is 4. The molecule has 1 aliphatic heterocycles. The molecule has 53 heavy (non-hydrogen) atoms. The molecule has 2 aliphatic rings. The van der Waals surface area contributed by atoms with Crippen molar-refractivity contribution in [1.29, 1.82) is 0 Å². The van der Waals surface area contributed by atoms with Crippen LogP contribution in [0.1, 0.15) is 66.5 Å². The summed E-state index contributed by atoms with van der Waals surface area (Å²) in [6, 6.07) is 30.2. The van der Waals surface area contributed by atoms with E-state index >= 15 is 0 Å². The SMILES string of the molecule is CCc1cc(CC)cc(C2=C(/C=C/C(=C/Cc3ccccc3)c3ccc(N(C)C)cc3O)CCC/C2=C\C=C2/C=[C]([Pb])Oc3cc(N(C)C)ccc32)c1. The fourth-order valence-electron chi connectivity index (χ4n) is 7.09. The molecule has 4 nitrogen and oxygen atoms in total. The number of aryl methyl sites for hydroxylation is 2. The Morgan fingerprint density at radius 2 is 1.49 bits per heavy atom. The number of rotatable bonds is 11. The predicted octanol–water partition coefficient (Wildman–Crippen LogP) is 10.9. The van der Waals surface area contributed by atoms with Gasteiger partial charge in [-0.2, -0.15) is 0 Å². The van der Waals surface area contributed by atoms with Gasteiger partial charge < -0.3 is 10.0 Å². The van der Waals surface area contributed by atoms with Crippen molar-refractivity contribution in [3.05, 3.63) is 169 Å². The molecule has 0 spiro atoms. The number of nitrogens with zero attached hydrogens (tertiary/aromatic N) is 2. The molecule has 6 rings (SSSR count). The number of ether oxygens (including phenoxy) is 1. The quantitative estimate of drug-likeness (QED) is 0.120. The van der Waals surface area contributed by atoms with E-state index in [-0.39, 0.29) is 5.75 Å². The molecule has 0 saturated heterocycles. The monoisotopic (exact) mass is 895 g/mol. The van der Waals surface area contributed by atoms with Crippen molar-refractivity contribution in [2.45, 2.75) is 52.4 Å². The predicted molar refractivity (Wildman–Crippen MR) is 227 cm³/mol. The van der Waals surface area contributed by atoms with Gasteiger partial charge in [0.1, 0.15) is 5.75 Å². The van der Waals surface area contributed by atoms with E-state index < -0.39 is 0 Å². The first-order valence-electron chi connectivity index (χ1n) is 18.8. The molecule has 0 atom stereocenters. The third kappa shape index (κ3) is 9.34. The average molecular weight is 895 g/mol. The van der Waals surface area contributed by atoms with Crippen LogP contribution in [0.4, 0.5) is 11.4 Å². The van der Waals surface area contributed by atoms with Gasteiger partial charge >= 0.3 is 239 Å². The van der Waals surface area contributed by atoms with Gasteiger partial charge in [0.2, 0.25) is 0 Å². The summed E-state index contributed by atoms with van der Waals surface area (Å²) in [6.07, 6.45) is 19.5. The Kier molecular flexibility index (Phi) is 12.6. The maximum absolute atomic E-state index is 11.3. The summed E-state index contributed by atoms with van der Waals surface area (Å²) in [5, 5.41) is 11.3. The number of anilines is 2. The average Bonchev–Trinajstić information content (AvgIpc) is 3.16. The fourth-order valence-corrected chi connectivity index (χ4v) is 8.13. The molecule has 0 aromatic heterocycles. The third-order valence-corrected chi connectivity index (χ3v) is 11.1. The summed E-state index contributed by atoms with van der Waals surface area (Å²) in [6.45, 7) is 4.49. The van der Waals surface area contributed by atoms with Gasteiger partial charge in [-0.3, -0.25) is 0 Å². The van der Waals surface area contributed by atoms with Crippen molar-refractivity contribution >= 4 is 53.9 Å². The number of benzene rings is 4. The third-order valence-electron chi connectivity index (χ3n) is 10.1. The van der Waals surface area contributed by atoms with Gasteiger partial charge in [-0.05, 0) is 24.1 Å². The van der Waals surface area contributed by atoms with Crippen LogP contribution in [-0.4, -0.2) is 59.1 Å². The molecule has 0 unspecified atom stereocenters. The van der Waals surface area contributed by atoms with Crippen molar-refractivity contribution in [1.82, 2.24) is 0 Å². The summed E-state index contributed by atoms with van der Waals surface area (Å²) >= 11 is 0.836. The Bertz CT molecular complexity index is 2130. The molecular formula is C48H51N2O2Pb. The Balaban J connectivity index is 1.49. The molecule has 1 N–H and O–H groups in total. The molecule has 0 amide bonds. The van der Waals surface area contributed by atoms with Crippen LogP contribution < -0.4 is 14.5 Å². The molecule has 5 heteroatoms. The van der Waals surface area contributed by atoms with Crippen molar-refractivity contribution in [3.63, 3.8) is 0 Å². The first kappa shape index (κ1) is 38.2. The van der Waals surface area contributed by atoms with Crippen LogP contribution in [0, 0.1) is 0 Å². The molecule has 1 heterocycles. The Hall–Kier alpha value is -4.56. The van der Waals surface area contributed by atoms with E-state index in [4.69, 9.17) is 4.74 Å². The topological polar surface area (TPSA) is 35.9 Å². The van der Waals surface area contributed by atoms with Crippen LogP contribution in [0.15, 0.2) is 136 Å². The molecule has 4 aromatic carbocycles. The first-order valence-corrected chi connectivity index (χ1v) is 20.7. The van der Waals surface area contributed by atoms with Crippen molar-refractivity contribution in [2.75, 3.05) is 38.0 Å². The minimum atomic E-state index is 0.286. The van der Waals surface area contributed by atoms with Crippen LogP contribution in [0.25, 0.3) is 16.7 Å². The van der Waals surface area contributed by atoms with E-state index in [0.29, 0.717) is 0 Å². The summed E-state index contributed by atoms with van der Waals surface area (Å²) in [7, 11) is 8.12. The van der Waals surface area contributed by atoms with Gasteiger partial charge in [0.25, 0.3) is 0 Å². The van der Waals surface area contributed by atoms with Crippen molar-refractivity contribution in [3.8, 4) is 11.5 Å². The summed E-state index contributed by atoms with van der Waals surface area (Å²) < 4.78 is 7.29. The molecule has 3 radical (unpaired) electrons. The van der Waals surface area contributed by atoms with Gasteiger partial charge in [-0.25, -0.2) is 0 Å². The summed E-state index contributed by atoms with van der Waals surface area (Å²) in [5.41, 5.74) is 15.5. The molecular weight excluding hydrogens is 844 g/mol. The molecule has 269 valence electrons. The molecule has 0 saturated carbocycles. The van der Waals surface area contributed by atoms with Crippen molar-refractivity contribution < 1.29 is 9.84 Å². The normalized spacial score (nSPS) is 16.2. The number of allylic oxidation sites excluding steroid dienone is 11. The van der Waals surface area contributed by atoms with Crippen LogP contribution in [0.2, 0.25) is 0 Å². The number of fused-ring (bicyclic) bond motifs is 1. The summed E-state index contributed by atoms with van der Waals surface area (Å²) in [5.74, 6) is 1.21. The van der Waals surface area contributed by atoms with Gasteiger partial charge in [-0.15, -0.1) is 0 Å². The van der Waals surface area contributed by atoms with Gasteiger partial charge in [-0.1, -0.05) is 30.3 Å². The van der Waals surface area contributed by atoms with Gasteiger partial charge in [0.15, 0.2) is 0 Å². The Morgan fingerprint density at radius 1 is 0.792 bits per heavy atom. The van der Waals surface area contributed by atoms with Crippen LogP contribution in [0.5, 0.6) is 11.5 Å². The zero-order valence-corrected chi connectivity index (χ0v) is 35.9. The number of phenolic OH excluding ortho intramolecular Hbond substituents is 1.